The molecule has 0 fully saturated rings. The molecule has 0 aliphatic rings. The molecule has 0 spiro atoms. The van der Waals surface area contributed by atoms with Crippen LogP contribution in [0, 0.1) is 0 Å². The summed E-state index contributed by atoms with van der Waals surface area (Å²) in [4.78, 5) is 15.2. The van der Waals surface area contributed by atoms with Crippen molar-refractivity contribution >= 4 is 16.8 Å². The maximum atomic E-state index is 11.9. The molecule has 0 aliphatic heterocycles. The molecule has 0 aliphatic carbocycles. The molecule has 0 saturated heterocycles. The summed E-state index contributed by atoms with van der Waals surface area (Å²) < 4.78 is 1.83. The van der Waals surface area contributed by atoms with Gasteiger partial charge in [0.25, 0.3) is 5.91 Å². The lowest BCUT2D eigenvalue weighted by molar-refractivity contribution is 0.0948. The number of fused-ring (bicyclic) bond motifs is 1. The van der Waals surface area contributed by atoms with Crippen LogP contribution in [0.25, 0.3) is 22.2 Å². The lowest BCUT2D eigenvalue weighted by Crippen LogP contribution is -2.30. The van der Waals surface area contributed by atoms with Gasteiger partial charge in [-0.3, -0.25) is 14.9 Å². The van der Waals surface area contributed by atoms with E-state index in [-0.39, 0.29) is 0 Å². The van der Waals surface area contributed by atoms with Crippen molar-refractivity contribution in [3.63, 3.8) is 0 Å². The second-order valence-corrected chi connectivity index (χ2v) is 5.78. The Balaban J connectivity index is 1.85. The maximum absolute atomic E-state index is 11.9. The molecule has 1 amide bonds. The number of hydrazine groups is 1. The summed E-state index contributed by atoms with van der Waals surface area (Å²) >= 11 is 0. The van der Waals surface area contributed by atoms with E-state index in [0.29, 0.717) is 12.2 Å². The van der Waals surface area contributed by atoms with Crippen LogP contribution in [0.4, 0.5) is 0 Å². The van der Waals surface area contributed by atoms with Gasteiger partial charge >= 0.3 is 0 Å². The first-order valence-corrected chi connectivity index (χ1v) is 7.95. The quantitative estimate of drug-likeness (QED) is 0.305. The van der Waals surface area contributed by atoms with Crippen molar-refractivity contribution in [1.82, 2.24) is 20.2 Å². The molecule has 4 aromatic rings. The Kier molecular flexibility index (Phi) is 3.80. The van der Waals surface area contributed by atoms with E-state index in [1.807, 2.05) is 65.5 Å². The predicted octanol–water partition coefficient (Wildman–Crippen LogP) is 2.68. The molecule has 2 aromatic carbocycles. The molecular formula is C19H17N5O. The topological polar surface area (TPSA) is 88.7 Å². The van der Waals surface area contributed by atoms with E-state index < -0.39 is 5.91 Å². The molecule has 0 radical (unpaired) electrons. The van der Waals surface area contributed by atoms with Crippen LogP contribution < -0.4 is 11.3 Å². The fourth-order valence-corrected chi connectivity index (χ4v) is 2.98. The number of hydrogen-bond acceptors (Lipinski definition) is 3. The average molecular weight is 331 g/mol. The van der Waals surface area contributed by atoms with Gasteiger partial charge in [0.05, 0.1) is 12.2 Å². The van der Waals surface area contributed by atoms with Gasteiger partial charge in [0.2, 0.25) is 0 Å². The number of rotatable bonds is 4. The molecule has 4 N–H and O–H groups in total. The van der Waals surface area contributed by atoms with Crippen molar-refractivity contribution in [2.45, 2.75) is 6.54 Å². The number of aromatic nitrogens is 3. The monoisotopic (exact) mass is 331 g/mol. The first-order chi connectivity index (χ1) is 12.3. The van der Waals surface area contributed by atoms with Gasteiger partial charge in [-0.05, 0) is 17.7 Å². The minimum atomic E-state index is -0.409. The lowest BCUT2D eigenvalue weighted by Gasteiger charge is -2.07. The molecule has 0 bridgehead atoms. The van der Waals surface area contributed by atoms with Crippen LogP contribution in [0.5, 0.6) is 0 Å². The molecule has 124 valence electrons. The van der Waals surface area contributed by atoms with Gasteiger partial charge < -0.3 is 4.98 Å². The molecule has 2 aromatic heterocycles. The first kappa shape index (κ1) is 15.2. The van der Waals surface area contributed by atoms with Gasteiger partial charge in [0, 0.05) is 22.7 Å². The summed E-state index contributed by atoms with van der Waals surface area (Å²) in [6, 6.07) is 19.8. The number of benzene rings is 2. The first-order valence-electron chi connectivity index (χ1n) is 7.95. The SMILES string of the molecule is NNC(=O)c1cc(-c2c[nH]c3ccccc23)n(Cc2ccccc2)n1. The molecule has 0 saturated carbocycles. The summed E-state index contributed by atoms with van der Waals surface area (Å²) in [5.74, 6) is 4.86. The van der Waals surface area contributed by atoms with Gasteiger partial charge in [0.1, 0.15) is 0 Å². The van der Waals surface area contributed by atoms with E-state index in [4.69, 9.17) is 5.84 Å². The second kappa shape index (κ2) is 6.26. The number of carbonyl (C=O) groups excluding carboxylic acids is 1. The van der Waals surface area contributed by atoms with Crippen LogP contribution in [0.3, 0.4) is 0 Å². The van der Waals surface area contributed by atoms with Crippen molar-refractivity contribution in [1.29, 1.82) is 0 Å². The minimum absolute atomic E-state index is 0.290. The Labute approximate surface area is 144 Å². The second-order valence-electron chi connectivity index (χ2n) is 5.78. The summed E-state index contributed by atoms with van der Waals surface area (Å²) in [7, 11) is 0. The molecule has 2 heterocycles. The number of H-pyrrole nitrogens is 1. The highest BCUT2D eigenvalue weighted by molar-refractivity contribution is 5.97. The van der Waals surface area contributed by atoms with E-state index in [1.54, 1.807) is 6.07 Å². The number of aromatic amines is 1. The minimum Gasteiger partial charge on any atom is -0.360 e. The fourth-order valence-electron chi connectivity index (χ4n) is 2.98. The van der Waals surface area contributed by atoms with E-state index in [0.717, 1.165) is 27.7 Å². The zero-order valence-electron chi connectivity index (χ0n) is 13.4. The van der Waals surface area contributed by atoms with Gasteiger partial charge in [-0.2, -0.15) is 5.10 Å². The van der Waals surface area contributed by atoms with Crippen molar-refractivity contribution in [2.24, 2.45) is 5.84 Å². The molecule has 6 heteroatoms. The zero-order chi connectivity index (χ0) is 17.2. The number of carbonyl (C=O) groups is 1. The molecule has 0 atom stereocenters. The fraction of sp³-hybridized carbons (Fsp3) is 0.0526. The number of nitrogen functional groups attached to an aromatic ring is 1. The standard InChI is InChI=1S/C19H17N5O/c20-22-19(25)17-10-18(15-11-21-16-9-5-4-8-14(15)16)24(23-17)12-13-6-2-1-3-7-13/h1-11,21H,12,20H2,(H,22,25). The van der Waals surface area contributed by atoms with Crippen molar-refractivity contribution in [3.05, 3.63) is 78.1 Å². The Morgan fingerprint density at radius 3 is 2.68 bits per heavy atom. The molecule has 25 heavy (non-hydrogen) atoms. The third kappa shape index (κ3) is 2.79. The van der Waals surface area contributed by atoms with Gasteiger partial charge in [0.15, 0.2) is 5.69 Å². The number of nitrogens with two attached hydrogens (primary N) is 1. The van der Waals surface area contributed by atoms with Gasteiger partial charge in [-0.25, -0.2) is 5.84 Å². The number of nitrogens with one attached hydrogen (secondary N) is 2. The summed E-state index contributed by atoms with van der Waals surface area (Å²) in [6.07, 6.45) is 1.94. The molecule has 0 unspecified atom stereocenters. The third-order valence-corrected chi connectivity index (χ3v) is 4.18. The van der Waals surface area contributed by atoms with Crippen molar-refractivity contribution in [2.75, 3.05) is 0 Å². The number of para-hydroxylation sites is 1. The van der Waals surface area contributed by atoms with Crippen LogP contribution in [0.15, 0.2) is 66.9 Å². The summed E-state index contributed by atoms with van der Waals surface area (Å²) in [6.45, 7) is 0.563. The van der Waals surface area contributed by atoms with Crippen molar-refractivity contribution < 1.29 is 4.79 Å². The van der Waals surface area contributed by atoms with Crippen LogP contribution in [0.2, 0.25) is 0 Å². The van der Waals surface area contributed by atoms with Crippen molar-refractivity contribution in [3.8, 4) is 11.3 Å². The summed E-state index contributed by atoms with van der Waals surface area (Å²) in [5.41, 5.74) is 6.43. The van der Waals surface area contributed by atoms with E-state index in [1.165, 1.54) is 0 Å². The number of amides is 1. The zero-order valence-corrected chi connectivity index (χ0v) is 13.4. The molecular weight excluding hydrogens is 314 g/mol. The van der Waals surface area contributed by atoms with Crippen LogP contribution in [-0.2, 0) is 6.54 Å². The van der Waals surface area contributed by atoms with Crippen LogP contribution in [0.1, 0.15) is 16.1 Å². The van der Waals surface area contributed by atoms with E-state index in [9.17, 15) is 4.79 Å². The Bertz CT molecular complexity index is 1030. The van der Waals surface area contributed by atoms with Gasteiger partial charge in [-0.1, -0.05) is 48.5 Å². The normalized spacial score (nSPS) is 10.9. The average Bonchev–Trinajstić information content (AvgIpc) is 3.26. The highest BCUT2D eigenvalue weighted by atomic mass is 16.2. The number of hydrogen-bond donors (Lipinski definition) is 3. The summed E-state index contributed by atoms with van der Waals surface area (Å²) in [5, 5.41) is 5.53. The molecule has 4 rings (SSSR count). The van der Waals surface area contributed by atoms with E-state index >= 15 is 0 Å². The third-order valence-electron chi connectivity index (χ3n) is 4.18. The number of nitrogens with zero attached hydrogens (tertiary/aromatic N) is 2. The Morgan fingerprint density at radius 2 is 1.88 bits per heavy atom. The van der Waals surface area contributed by atoms with Crippen LogP contribution in [-0.4, -0.2) is 20.7 Å². The smallest absolute Gasteiger partial charge is 0.285 e. The Hall–Kier alpha value is -3.38. The van der Waals surface area contributed by atoms with Gasteiger partial charge in [-0.15, -0.1) is 0 Å². The Morgan fingerprint density at radius 1 is 1.12 bits per heavy atom. The lowest BCUT2D eigenvalue weighted by atomic mass is 10.1. The highest BCUT2D eigenvalue weighted by Gasteiger charge is 2.17. The van der Waals surface area contributed by atoms with E-state index in [2.05, 4.69) is 15.5 Å². The maximum Gasteiger partial charge on any atom is 0.285 e. The molecule has 6 nitrogen and oxygen atoms in total. The largest absolute Gasteiger partial charge is 0.360 e. The van der Waals surface area contributed by atoms with Crippen LogP contribution >= 0.6 is 0 Å². The predicted molar refractivity (Wildman–Crippen MR) is 96.7 cm³/mol. The highest BCUT2D eigenvalue weighted by Crippen LogP contribution is 2.29.